The average molecular weight is 51.7 g/mol. The minimum Gasteiger partial charge on any atom is -0.0994 e. The van der Waals surface area contributed by atoms with E-state index >= 15 is 0 Å². The molecule has 1 aliphatic rings. The van der Waals surface area contributed by atoms with Crippen LogP contribution in [0.15, 0.2) is 0 Å². The van der Waals surface area contributed by atoms with Crippen molar-refractivity contribution in [1.82, 2.24) is 0 Å². The zero-order chi connectivity index (χ0) is 2.99. The number of hydrogen-bond acceptors (Lipinski definition) is 0. The molecule has 0 unspecified atom stereocenters. The van der Waals surface area contributed by atoms with Gasteiger partial charge in [-0.3, -0.25) is 0 Å². The van der Waals surface area contributed by atoms with Gasteiger partial charge in [-0.05, 0) is 0 Å². The first-order valence-corrected chi connectivity index (χ1v) is 1.89. The van der Waals surface area contributed by atoms with E-state index in [2.05, 4.69) is 7.85 Å². The van der Waals surface area contributed by atoms with Crippen molar-refractivity contribution in [2.45, 2.75) is 12.0 Å². The topological polar surface area (TPSA) is 0 Å². The SMILES string of the molecule is B[C@@H]1BC1. The molecular formula is C2H6B2. The quantitative estimate of drug-likeness (QED) is 0.317. The van der Waals surface area contributed by atoms with E-state index in [1.165, 1.54) is 13.6 Å². The predicted molar refractivity (Wildman–Crippen MR) is 24.2 cm³/mol. The molecule has 0 amide bonds. The monoisotopic (exact) mass is 52.1 g/mol. The van der Waals surface area contributed by atoms with E-state index in [0.717, 1.165) is 5.72 Å². The van der Waals surface area contributed by atoms with E-state index in [0.29, 0.717) is 0 Å². The normalized spacial score (nSPS) is 37.5. The molecule has 0 saturated carbocycles. The molecule has 1 fully saturated rings. The average Bonchev–Trinajstić information content (AvgIpc) is 1.75. The lowest BCUT2D eigenvalue weighted by Gasteiger charge is -1.52. The molecule has 0 aliphatic carbocycles. The first-order chi connectivity index (χ1) is 1.89. The Balaban J connectivity index is 2.17. The fraction of sp³-hybridized carbons (Fsp3) is 1.00. The molecule has 1 saturated heterocycles. The third kappa shape index (κ3) is 0.278. The van der Waals surface area contributed by atoms with E-state index in [4.69, 9.17) is 0 Å². The summed E-state index contributed by atoms with van der Waals surface area (Å²) in [5.74, 6) is 0. The summed E-state index contributed by atoms with van der Waals surface area (Å²) in [7, 11) is 3.76. The molecule has 0 aromatic heterocycles. The lowest BCUT2D eigenvalue weighted by Crippen LogP contribution is -1.54. The van der Waals surface area contributed by atoms with Gasteiger partial charge in [0.2, 0.25) is 0 Å². The van der Waals surface area contributed by atoms with Gasteiger partial charge in [0, 0.05) is 0 Å². The van der Waals surface area contributed by atoms with Crippen LogP contribution in [0.3, 0.4) is 0 Å². The summed E-state index contributed by atoms with van der Waals surface area (Å²) in [5, 5.41) is 0. The Labute approximate surface area is 28.2 Å². The van der Waals surface area contributed by atoms with Crippen LogP contribution in [0.4, 0.5) is 0 Å². The molecule has 4 heavy (non-hydrogen) atoms. The molecule has 0 N–H and O–H groups in total. The molecule has 0 bridgehead atoms. The van der Waals surface area contributed by atoms with E-state index in [1.807, 2.05) is 0 Å². The zero-order valence-corrected chi connectivity index (χ0v) is 2.99. The minimum absolute atomic E-state index is 1.08. The maximum Gasteiger partial charge on any atom is 0.113 e. The fourth-order valence-electron chi connectivity index (χ4n) is 0.167. The second kappa shape index (κ2) is 0.540. The van der Waals surface area contributed by atoms with Crippen LogP contribution < -0.4 is 0 Å². The summed E-state index contributed by atoms with van der Waals surface area (Å²) in [5.41, 5.74) is 1.08. The summed E-state index contributed by atoms with van der Waals surface area (Å²) in [4.78, 5) is 0. The standard InChI is InChI=1S/C2H6B2/c3-2-1-4-2/h2,4H,1,3H2/t2-/m1/s1. The highest BCUT2D eigenvalue weighted by atomic mass is 13.8. The maximum absolute atomic E-state index is 2.28. The molecular weight excluding hydrogens is 45.6 g/mol. The van der Waals surface area contributed by atoms with Crippen molar-refractivity contribution < 1.29 is 0 Å². The highest BCUT2D eigenvalue weighted by molar-refractivity contribution is 6.63. The van der Waals surface area contributed by atoms with Crippen molar-refractivity contribution in [2.75, 3.05) is 0 Å². The second-order valence-electron chi connectivity index (χ2n) is 1.68. The minimum atomic E-state index is 1.08. The third-order valence-electron chi connectivity index (χ3n) is 0.866. The Morgan fingerprint density at radius 2 is 2.25 bits per heavy atom. The summed E-state index contributed by atoms with van der Waals surface area (Å²) < 4.78 is 0. The Morgan fingerprint density at radius 3 is 2.25 bits per heavy atom. The Kier molecular flexibility index (Phi) is 0.320. The zero-order valence-electron chi connectivity index (χ0n) is 2.99. The van der Waals surface area contributed by atoms with Gasteiger partial charge in [0.15, 0.2) is 0 Å². The molecule has 20 valence electrons. The van der Waals surface area contributed by atoms with E-state index in [-0.39, 0.29) is 0 Å². The molecule has 1 rings (SSSR count). The predicted octanol–water partition coefficient (Wildman–Crippen LogP) is -0.766. The summed E-state index contributed by atoms with van der Waals surface area (Å²) in [6.07, 6.45) is 1.49. The van der Waals surface area contributed by atoms with Crippen LogP contribution >= 0.6 is 0 Å². The highest BCUT2D eigenvalue weighted by Crippen LogP contribution is 2.20. The van der Waals surface area contributed by atoms with Gasteiger partial charge in [0.05, 0.1) is 7.85 Å². The van der Waals surface area contributed by atoms with Crippen molar-refractivity contribution in [2.24, 2.45) is 0 Å². The van der Waals surface area contributed by atoms with Gasteiger partial charge in [0.25, 0.3) is 0 Å². The summed E-state index contributed by atoms with van der Waals surface area (Å²) in [6.45, 7) is 0. The molecule has 2 heteroatoms. The smallest absolute Gasteiger partial charge is 0.0994 e. The Hall–Kier alpha value is 0.130. The van der Waals surface area contributed by atoms with Crippen LogP contribution in [0.1, 0.15) is 0 Å². The Bertz CT molecular complexity index is 23.2. The van der Waals surface area contributed by atoms with Crippen LogP contribution in [-0.4, -0.2) is 15.1 Å². The van der Waals surface area contributed by atoms with Gasteiger partial charge >= 0.3 is 0 Å². The van der Waals surface area contributed by atoms with Gasteiger partial charge in [0.1, 0.15) is 7.28 Å². The second-order valence-corrected chi connectivity index (χ2v) is 1.68. The molecule has 1 atom stereocenters. The number of rotatable bonds is 0. The van der Waals surface area contributed by atoms with Crippen LogP contribution in [-0.2, 0) is 0 Å². The lowest BCUT2D eigenvalue weighted by atomic mass is 9.87. The third-order valence-corrected chi connectivity index (χ3v) is 0.866. The molecule has 0 radical (unpaired) electrons. The van der Waals surface area contributed by atoms with Crippen molar-refractivity contribution in [3.05, 3.63) is 0 Å². The van der Waals surface area contributed by atoms with Crippen LogP contribution in [0.25, 0.3) is 0 Å². The van der Waals surface area contributed by atoms with Crippen LogP contribution in [0.2, 0.25) is 12.0 Å². The van der Waals surface area contributed by atoms with Gasteiger partial charge in [-0.1, -0.05) is 12.0 Å². The molecule has 1 aliphatic heterocycles. The molecule has 0 aromatic carbocycles. The molecule has 0 aromatic rings. The van der Waals surface area contributed by atoms with E-state index in [9.17, 15) is 0 Å². The molecule has 0 nitrogen and oxygen atoms in total. The van der Waals surface area contributed by atoms with Crippen molar-refractivity contribution in [3.63, 3.8) is 0 Å². The van der Waals surface area contributed by atoms with Crippen molar-refractivity contribution >= 4 is 15.1 Å². The van der Waals surface area contributed by atoms with Crippen molar-refractivity contribution in [3.8, 4) is 0 Å². The van der Waals surface area contributed by atoms with Gasteiger partial charge in [-0.25, -0.2) is 0 Å². The first kappa shape index (κ1) is 2.37. The Morgan fingerprint density at radius 1 is 2.00 bits per heavy atom. The first-order valence-electron chi connectivity index (χ1n) is 1.89. The highest BCUT2D eigenvalue weighted by Gasteiger charge is 2.15. The number of hydrogen-bond donors (Lipinski definition) is 0. The van der Waals surface area contributed by atoms with Gasteiger partial charge in [-0.2, -0.15) is 0 Å². The summed E-state index contributed by atoms with van der Waals surface area (Å²) in [6, 6.07) is 0. The van der Waals surface area contributed by atoms with Crippen molar-refractivity contribution in [1.29, 1.82) is 0 Å². The van der Waals surface area contributed by atoms with E-state index in [1.54, 1.807) is 0 Å². The lowest BCUT2D eigenvalue weighted by molar-refractivity contribution is 1.56. The van der Waals surface area contributed by atoms with Gasteiger partial charge < -0.3 is 0 Å². The largest absolute Gasteiger partial charge is 0.113 e. The fourth-order valence-corrected chi connectivity index (χ4v) is 0.167. The van der Waals surface area contributed by atoms with Crippen LogP contribution in [0.5, 0.6) is 0 Å². The van der Waals surface area contributed by atoms with E-state index < -0.39 is 0 Å². The van der Waals surface area contributed by atoms with Gasteiger partial charge in [-0.15, -0.1) is 0 Å². The molecule has 0 spiro atoms. The maximum atomic E-state index is 2.28. The molecule has 1 heterocycles. The van der Waals surface area contributed by atoms with Crippen LogP contribution in [0, 0.1) is 0 Å². The summed E-state index contributed by atoms with van der Waals surface area (Å²) >= 11 is 0.